The number of hydrogen-bond donors (Lipinski definition) is 2. The fourth-order valence-corrected chi connectivity index (χ4v) is 2.40. The minimum atomic E-state index is -0.0420. The van der Waals surface area contributed by atoms with Gasteiger partial charge in [0.1, 0.15) is 0 Å². The first kappa shape index (κ1) is 17.8. The summed E-state index contributed by atoms with van der Waals surface area (Å²) in [5.74, 6) is 1.29. The number of nitrogens with one attached hydrogen (secondary N) is 1. The smallest absolute Gasteiger partial charge is 0.224 e. The average Bonchev–Trinajstić information content (AvgIpc) is 2.61. The van der Waals surface area contributed by atoms with Crippen LogP contribution in [0.5, 0.6) is 11.5 Å². The summed E-state index contributed by atoms with van der Waals surface area (Å²) in [6.45, 7) is 0.122. The molecule has 0 spiro atoms. The van der Waals surface area contributed by atoms with Crippen LogP contribution in [0.25, 0.3) is 0 Å². The number of aliphatic hydroxyl groups excluding tert-OH is 1. The molecule has 0 saturated heterocycles. The normalized spacial score (nSPS) is 10.3. The van der Waals surface area contributed by atoms with Gasteiger partial charge in [0, 0.05) is 18.7 Å². The molecule has 2 rings (SSSR count). The van der Waals surface area contributed by atoms with Gasteiger partial charge in [0.05, 0.1) is 14.2 Å². The molecule has 0 bridgehead atoms. The number of aryl methyl sites for hydroxylation is 1. The van der Waals surface area contributed by atoms with E-state index in [-0.39, 0.29) is 12.5 Å². The van der Waals surface area contributed by atoms with Crippen LogP contribution in [0.2, 0.25) is 0 Å². The standard InChI is InChI=1S/C19H23NO4/c1-23-17-9-5-15(13-18(17)24-2)6-10-19(22)20-16-7-3-14(4-8-16)11-12-21/h3-5,7-9,13,21H,6,10-12H2,1-2H3,(H,20,22). The van der Waals surface area contributed by atoms with E-state index in [0.29, 0.717) is 30.8 Å². The van der Waals surface area contributed by atoms with E-state index in [1.807, 2.05) is 42.5 Å². The van der Waals surface area contributed by atoms with Gasteiger partial charge in [-0.3, -0.25) is 4.79 Å². The summed E-state index contributed by atoms with van der Waals surface area (Å²) in [4.78, 5) is 12.1. The molecule has 2 N–H and O–H groups in total. The van der Waals surface area contributed by atoms with Gasteiger partial charge in [0.25, 0.3) is 0 Å². The Labute approximate surface area is 142 Å². The van der Waals surface area contributed by atoms with Crippen LogP contribution in [0.1, 0.15) is 17.5 Å². The van der Waals surface area contributed by atoms with Crippen LogP contribution < -0.4 is 14.8 Å². The number of hydrogen-bond acceptors (Lipinski definition) is 4. The molecule has 24 heavy (non-hydrogen) atoms. The highest BCUT2D eigenvalue weighted by Crippen LogP contribution is 2.28. The lowest BCUT2D eigenvalue weighted by Gasteiger charge is -2.10. The van der Waals surface area contributed by atoms with Gasteiger partial charge >= 0.3 is 0 Å². The van der Waals surface area contributed by atoms with Crippen molar-refractivity contribution in [1.29, 1.82) is 0 Å². The second kappa shape index (κ2) is 8.93. The molecule has 0 aliphatic carbocycles. The summed E-state index contributed by atoms with van der Waals surface area (Å²) < 4.78 is 10.5. The molecule has 5 nitrogen and oxygen atoms in total. The second-order valence-electron chi connectivity index (χ2n) is 5.41. The second-order valence-corrected chi connectivity index (χ2v) is 5.41. The Hall–Kier alpha value is -2.53. The van der Waals surface area contributed by atoms with Crippen LogP contribution in [0, 0.1) is 0 Å². The number of carbonyl (C=O) groups is 1. The monoisotopic (exact) mass is 329 g/mol. The first-order chi connectivity index (χ1) is 11.7. The lowest BCUT2D eigenvalue weighted by atomic mass is 10.1. The largest absolute Gasteiger partial charge is 0.493 e. The molecule has 0 aromatic heterocycles. The predicted molar refractivity (Wildman–Crippen MR) is 93.7 cm³/mol. The Morgan fingerprint density at radius 2 is 1.62 bits per heavy atom. The first-order valence-electron chi connectivity index (χ1n) is 7.87. The van der Waals surface area contributed by atoms with E-state index < -0.39 is 0 Å². The minimum Gasteiger partial charge on any atom is -0.493 e. The number of ether oxygens (including phenoxy) is 2. The Morgan fingerprint density at radius 3 is 2.25 bits per heavy atom. The molecular weight excluding hydrogens is 306 g/mol. The predicted octanol–water partition coefficient (Wildman–Crippen LogP) is 2.81. The molecule has 2 aromatic carbocycles. The van der Waals surface area contributed by atoms with E-state index in [9.17, 15) is 4.79 Å². The van der Waals surface area contributed by atoms with Crippen molar-refractivity contribution >= 4 is 11.6 Å². The summed E-state index contributed by atoms with van der Waals surface area (Å²) in [5, 5.41) is 11.8. The SMILES string of the molecule is COc1ccc(CCC(=O)Nc2ccc(CCO)cc2)cc1OC. The topological polar surface area (TPSA) is 67.8 Å². The van der Waals surface area contributed by atoms with E-state index in [0.717, 1.165) is 16.8 Å². The molecule has 0 fully saturated rings. The average molecular weight is 329 g/mol. The molecule has 5 heteroatoms. The van der Waals surface area contributed by atoms with Gasteiger partial charge in [0.15, 0.2) is 11.5 Å². The molecule has 0 atom stereocenters. The van der Waals surface area contributed by atoms with Crippen molar-refractivity contribution in [1.82, 2.24) is 0 Å². The van der Waals surface area contributed by atoms with E-state index in [4.69, 9.17) is 14.6 Å². The summed E-state index contributed by atoms with van der Waals surface area (Å²) in [7, 11) is 3.19. The van der Waals surface area contributed by atoms with Crippen LogP contribution in [0.3, 0.4) is 0 Å². The third kappa shape index (κ3) is 4.99. The lowest BCUT2D eigenvalue weighted by molar-refractivity contribution is -0.116. The van der Waals surface area contributed by atoms with Gasteiger partial charge in [-0.05, 0) is 48.2 Å². The Bertz CT molecular complexity index is 668. The quantitative estimate of drug-likeness (QED) is 0.781. The van der Waals surface area contributed by atoms with Crippen LogP contribution in [-0.2, 0) is 17.6 Å². The van der Waals surface area contributed by atoms with Gasteiger partial charge in [0.2, 0.25) is 5.91 Å². The molecule has 0 heterocycles. The zero-order valence-electron chi connectivity index (χ0n) is 14.0. The minimum absolute atomic E-state index is 0.0420. The van der Waals surface area contributed by atoms with E-state index in [1.165, 1.54) is 0 Å². The maximum absolute atomic E-state index is 12.1. The van der Waals surface area contributed by atoms with Crippen molar-refractivity contribution in [3.8, 4) is 11.5 Å². The first-order valence-corrected chi connectivity index (χ1v) is 7.87. The van der Waals surface area contributed by atoms with E-state index >= 15 is 0 Å². The molecule has 0 aliphatic heterocycles. The Kier molecular flexibility index (Phi) is 6.63. The van der Waals surface area contributed by atoms with E-state index in [1.54, 1.807) is 14.2 Å². The summed E-state index contributed by atoms with van der Waals surface area (Å²) in [6, 6.07) is 13.2. The van der Waals surface area contributed by atoms with E-state index in [2.05, 4.69) is 5.32 Å². The number of anilines is 1. The maximum atomic E-state index is 12.1. The molecule has 0 aliphatic rings. The number of amides is 1. The van der Waals surface area contributed by atoms with Crippen molar-refractivity contribution in [3.05, 3.63) is 53.6 Å². The molecule has 1 amide bonds. The van der Waals surface area contributed by atoms with Gasteiger partial charge in [-0.15, -0.1) is 0 Å². The van der Waals surface area contributed by atoms with Crippen LogP contribution >= 0.6 is 0 Å². The van der Waals surface area contributed by atoms with Crippen molar-refractivity contribution < 1.29 is 19.4 Å². The Balaban J connectivity index is 1.88. The maximum Gasteiger partial charge on any atom is 0.224 e. The van der Waals surface area contributed by atoms with Crippen molar-refractivity contribution in [2.75, 3.05) is 26.1 Å². The van der Waals surface area contributed by atoms with Gasteiger partial charge in [-0.1, -0.05) is 18.2 Å². The molecule has 2 aromatic rings. The third-order valence-corrected chi connectivity index (χ3v) is 3.73. The summed E-state index contributed by atoms with van der Waals surface area (Å²) >= 11 is 0. The molecule has 0 saturated carbocycles. The highest BCUT2D eigenvalue weighted by molar-refractivity contribution is 5.90. The molecule has 128 valence electrons. The van der Waals surface area contributed by atoms with Gasteiger partial charge < -0.3 is 19.9 Å². The summed E-state index contributed by atoms with van der Waals surface area (Å²) in [6.07, 6.45) is 1.62. The third-order valence-electron chi connectivity index (χ3n) is 3.73. The number of aliphatic hydroxyl groups is 1. The fourth-order valence-electron chi connectivity index (χ4n) is 2.40. The summed E-state index contributed by atoms with van der Waals surface area (Å²) in [5.41, 5.74) is 2.82. The lowest BCUT2D eigenvalue weighted by Crippen LogP contribution is -2.12. The van der Waals surface area contributed by atoms with Crippen molar-refractivity contribution in [2.45, 2.75) is 19.3 Å². The van der Waals surface area contributed by atoms with Crippen molar-refractivity contribution in [3.63, 3.8) is 0 Å². The highest BCUT2D eigenvalue weighted by Gasteiger charge is 2.07. The van der Waals surface area contributed by atoms with Crippen LogP contribution in [-0.4, -0.2) is 31.8 Å². The highest BCUT2D eigenvalue weighted by atomic mass is 16.5. The van der Waals surface area contributed by atoms with Gasteiger partial charge in [-0.25, -0.2) is 0 Å². The van der Waals surface area contributed by atoms with Crippen molar-refractivity contribution in [2.24, 2.45) is 0 Å². The van der Waals surface area contributed by atoms with Gasteiger partial charge in [-0.2, -0.15) is 0 Å². The fraction of sp³-hybridized carbons (Fsp3) is 0.316. The molecule has 0 radical (unpaired) electrons. The van der Waals surface area contributed by atoms with Crippen LogP contribution in [0.15, 0.2) is 42.5 Å². The zero-order valence-corrected chi connectivity index (χ0v) is 14.0. The Morgan fingerprint density at radius 1 is 0.958 bits per heavy atom. The number of carbonyl (C=O) groups excluding carboxylic acids is 1. The number of methoxy groups -OCH3 is 2. The number of rotatable bonds is 8. The molecular formula is C19H23NO4. The zero-order chi connectivity index (χ0) is 17.4. The van der Waals surface area contributed by atoms with Crippen LogP contribution in [0.4, 0.5) is 5.69 Å². The number of benzene rings is 2. The molecule has 0 unspecified atom stereocenters.